The Morgan fingerprint density at radius 1 is 1.47 bits per heavy atom. The predicted molar refractivity (Wildman–Crippen MR) is 57.2 cm³/mol. The SMILES string of the molecule is Cc1nccc(-c2nc(CC#N)cs2)n1. The molecule has 2 rings (SSSR count). The summed E-state index contributed by atoms with van der Waals surface area (Å²) < 4.78 is 0. The molecule has 0 atom stereocenters. The standard InChI is InChI=1S/C10H8N4S/c1-7-12-5-3-9(13-7)10-14-8(2-4-11)6-15-10/h3,5-6H,2H2,1H3. The Balaban J connectivity index is 2.34. The summed E-state index contributed by atoms with van der Waals surface area (Å²) in [4.78, 5) is 12.6. The van der Waals surface area contributed by atoms with Gasteiger partial charge in [0.25, 0.3) is 0 Å². The van der Waals surface area contributed by atoms with Crippen molar-refractivity contribution in [3.8, 4) is 16.8 Å². The van der Waals surface area contributed by atoms with E-state index in [-0.39, 0.29) is 0 Å². The first-order valence-electron chi connectivity index (χ1n) is 4.41. The number of rotatable bonds is 2. The summed E-state index contributed by atoms with van der Waals surface area (Å²) in [5, 5.41) is 11.3. The lowest BCUT2D eigenvalue weighted by atomic mass is 10.3. The third-order valence-corrected chi connectivity index (χ3v) is 2.72. The fourth-order valence-corrected chi connectivity index (χ4v) is 1.95. The fraction of sp³-hybridized carbons (Fsp3) is 0.200. The Morgan fingerprint density at radius 3 is 3.07 bits per heavy atom. The number of aromatic nitrogens is 3. The first-order chi connectivity index (χ1) is 7.29. The highest BCUT2D eigenvalue weighted by atomic mass is 32.1. The number of hydrogen-bond donors (Lipinski definition) is 0. The lowest BCUT2D eigenvalue weighted by molar-refractivity contribution is 1.05. The summed E-state index contributed by atoms with van der Waals surface area (Å²) in [6.45, 7) is 1.84. The normalized spacial score (nSPS) is 9.87. The third kappa shape index (κ3) is 2.17. The van der Waals surface area contributed by atoms with E-state index in [4.69, 9.17) is 5.26 Å². The molecule has 4 nitrogen and oxygen atoms in total. The Kier molecular flexibility index (Phi) is 2.70. The van der Waals surface area contributed by atoms with Gasteiger partial charge in [0, 0.05) is 11.6 Å². The maximum Gasteiger partial charge on any atom is 0.142 e. The van der Waals surface area contributed by atoms with Crippen LogP contribution < -0.4 is 0 Å². The van der Waals surface area contributed by atoms with Crippen LogP contribution in [0.1, 0.15) is 11.5 Å². The van der Waals surface area contributed by atoms with Gasteiger partial charge in [0.1, 0.15) is 16.5 Å². The third-order valence-electron chi connectivity index (χ3n) is 1.81. The first-order valence-corrected chi connectivity index (χ1v) is 5.29. The zero-order valence-electron chi connectivity index (χ0n) is 8.14. The van der Waals surface area contributed by atoms with Gasteiger partial charge in [-0.25, -0.2) is 15.0 Å². The van der Waals surface area contributed by atoms with Crippen LogP contribution in [-0.2, 0) is 6.42 Å². The molecule has 0 fully saturated rings. The smallest absolute Gasteiger partial charge is 0.142 e. The van der Waals surface area contributed by atoms with E-state index in [0.29, 0.717) is 6.42 Å². The van der Waals surface area contributed by atoms with Crippen LogP contribution in [-0.4, -0.2) is 15.0 Å². The maximum absolute atomic E-state index is 8.53. The zero-order valence-corrected chi connectivity index (χ0v) is 8.95. The highest BCUT2D eigenvalue weighted by molar-refractivity contribution is 7.13. The molecule has 0 spiro atoms. The Bertz CT molecular complexity index is 512. The van der Waals surface area contributed by atoms with Crippen molar-refractivity contribution >= 4 is 11.3 Å². The molecule has 0 amide bonds. The van der Waals surface area contributed by atoms with Gasteiger partial charge in [0.05, 0.1) is 18.2 Å². The van der Waals surface area contributed by atoms with Crippen molar-refractivity contribution in [3.63, 3.8) is 0 Å². The van der Waals surface area contributed by atoms with Crippen molar-refractivity contribution in [3.05, 3.63) is 29.2 Å². The van der Waals surface area contributed by atoms with E-state index in [2.05, 4.69) is 21.0 Å². The average molecular weight is 216 g/mol. The van der Waals surface area contributed by atoms with Crippen LogP contribution >= 0.6 is 11.3 Å². The summed E-state index contributed by atoms with van der Waals surface area (Å²) in [5.74, 6) is 0.726. The summed E-state index contributed by atoms with van der Waals surface area (Å²) >= 11 is 1.50. The molecule has 0 saturated heterocycles. The number of thiazole rings is 1. The lowest BCUT2D eigenvalue weighted by Gasteiger charge is -1.95. The highest BCUT2D eigenvalue weighted by Gasteiger charge is 2.05. The molecule has 74 valence electrons. The number of aryl methyl sites for hydroxylation is 1. The first kappa shape index (κ1) is 9.74. The van der Waals surface area contributed by atoms with Crippen molar-refractivity contribution < 1.29 is 0 Å². The minimum Gasteiger partial charge on any atom is -0.242 e. The van der Waals surface area contributed by atoms with Crippen LogP contribution in [0, 0.1) is 18.3 Å². The van der Waals surface area contributed by atoms with E-state index in [9.17, 15) is 0 Å². The van der Waals surface area contributed by atoms with Crippen molar-refractivity contribution in [1.29, 1.82) is 5.26 Å². The molecule has 2 aromatic rings. The lowest BCUT2D eigenvalue weighted by Crippen LogP contribution is -1.89. The number of nitriles is 1. The summed E-state index contributed by atoms with van der Waals surface area (Å²) in [7, 11) is 0. The Labute approximate surface area is 91.3 Å². The van der Waals surface area contributed by atoms with E-state index < -0.39 is 0 Å². The van der Waals surface area contributed by atoms with Gasteiger partial charge in [0.2, 0.25) is 0 Å². The molecule has 2 aromatic heterocycles. The fourth-order valence-electron chi connectivity index (χ4n) is 1.16. The maximum atomic E-state index is 8.53. The van der Waals surface area contributed by atoms with Crippen LogP contribution in [0.15, 0.2) is 17.6 Å². The molecule has 0 unspecified atom stereocenters. The van der Waals surface area contributed by atoms with Crippen LogP contribution in [0.2, 0.25) is 0 Å². The van der Waals surface area contributed by atoms with Gasteiger partial charge in [-0.3, -0.25) is 0 Å². The van der Waals surface area contributed by atoms with Gasteiger partial charge in [-0.05, 0) is 13.0 Å². The van der Waals surface area contributed by atoms with Crippen LogP contribution in [0.5, 0.6) is 0 Å². The second-order valence-electron chi connectivity index (χ2n) is 2.97. The highest BCUT2D eigenvalue weighted by Crippen LogP contribution is 2.21. The minimum atomic E-state index is 0.348. The van der Waals surface area contributed by atoms with Crippen molar-refractivity contribution in [2.24, 2.45) is 0 Å². The van der Waals surface area contributed by atoms with Gasteiger partial charge in [-0.1, -0.05) is 0 Å². The molecule has 15 heavy (non-hydrogen) atoms. The van der Waals surface area contributed by atoms with Gasteiger partial charge >= 0.3 is 0 Å². The molecule has 0 aromatic carbocycles. The van der Waals surface area contributed by atoms with E-state index in [1.54, 1.807) is 6.20 Å². The monoisotopic (exact) mass is 216 g/mol. The molecule has 0 radical (unpaired) electrons. The van der Waals surface area contributed by atoms with Gasteiger partial charge in [-0.15, -0.1) is 11.3 Å². The topological polar surface area (TPSA) is 62.5 Å². The van der Waals surface area contributed by atoms with E-state index in [1.807, 2.05) is 18.4 Å². The average Bonchev–Trinajstić information content (AvgIpc) is 2.67. The Morgan fingerprint density at radius 2 is 2.33 bits per heavy atom. The molecule has 0 saturated carbocycles. The van der Waals surface area contributed by atoms with E-state index in [0.717, 1.165) is 22.2 Å². The number of hydrogen-bond acceptors (Lipinski definition) is 5. The number of nitrogens with zero attached hydrogens (tertiary/aromatic N) is 4. The van der Waals surface area contributed by atoms with E-state index >= 15 is 0 Å². The molecule has 5 heteroatoms. The molecule has 0 aliphatic heterocycles. The predicted octanol–water partition coefficient (Wildman–Crippen LogP) is 1.97. The summed E-state index contributed by atoms with van der Waals surface area (Å²) in [6.07, 6.45) is 2.06. The molecule has 2 heterocycles. The Hall–Kier alpha value is -1.80. The van der Waals surface area contributed by atoms with Crippen molar-refractivity contribution in [1.82, 2.24) is 15.0 Å². The summed E-state index contributed by atoms with van der Waals surface area (Å²) in [5.41, 5.74) is 1.62. The largest absolute Gasteiger partial charge is 0.242 e. The van der Waals surface area contributed by atoms with Crippen LogP contribution in [0.4, 0.5) is 0 Å². The molecular formula is C10H8N4S. The van der Waals surface area contributed by atoms with Crippen molar-refractivity contribution in [2.75, 3.05) is 0 Å². The molecule has 0 aliphatic carbocycles. The van der Waals surface area contributed by atoms with Crippen LogP contribution in [0.3, 0.4) is 0 Å². The second kappa shape index (κ2) is 4.15. The van der Waals surface area contributed by atoms with Gasteiger partial charge < -0.3 is 0 Å². The molecule has 0 bridgehead atoms. The molecule has 0 aliphatic rings. The van der Waals surface area contributed by atoms with Gasteiger partial charge in [0.15, 0.2) is 0 Å². The molecular weight excluding hydrogens is 208 g/mol. The minimum absolute atomic E-state index is 0.348. The van der Waals surface area contributed by atoms with Crippen molar-refractivity contribution in [2.45, 2.75) is 13.3 Å². The summed E-state index contributed by atoms with van der Waals surface area (Å²) in [6, 6.07) is 3.89. The van der Waals surface area contributed by atoms with E-state index in [1.165, 1.54) is 11.3 Å². The van der Waals surface area contributed by atoms with Crippen LogP contribution in [0.25, 0.3) is 10.7 Å². The van der Waals surface area contributed by atoms with Gasteiger partial charge in [-0.2, -0.15) is 5.26 Å². The molecule has 0 N–H and O–H groups in total. The second-order valence-corrected chi connectivity index (χ2v) is 3.83. The quantitative estimate of drug-likeness (QED) is 0.770. The zero-order chi connectivity index (χ0) is 10.7.